The number of halogens is 1. The van der Waals surface area contributed by atoms with Gasteiger partial charge >= 0.3 is 5.69 Å². The fraction of sp³-hybridized carbons (Fsp3) is 0.125. The van der Waals surface area contributed by atoms with Crippen molar-refractivity contribution in [1.29, 1.82) is 0 Å². The molecule has 0 radical (unpaired) electrons. The fourth-order valence-electron chi connectivity index (χ4n) is 2.35. The molecule has 0 amide bonds. The molecular formula is C16H12FN3O6. The number of hydrogen-bond donors (Lipinski definition) is 3. The molecule has 0 spiro atoms. The molecule has 26 heavy (non-hydrogen) atoms. The van der Waals surface area contributed by atoms with Gasteiger partial charge in [0.2, 0.25) is 5.75 Å². The quantitative estimate of drug-likeness (QED) is 0.357. The second-order valence-corrected chi connectivity index (χ2v) is 5.39. The lowest BCUT2D eigenvalue weighted by Crippen LogP contribution is -1.96. The van der Waals surface area contributed by atoms with Gasteiger partial charge in [-0.3, -0.25) is 10.1 Å². The van der Waals surface area contributed by atoms with Gasteiger partial charge in [-0.2, -0.15) is 4.98 Å². The Hall–Kier alpha value is -3.69. The summed E-state index contributed by atoms with van der Waals surface area (Å²) in [5.74, 6) is -2.64. The van der Waals surface area contributed by atoms with Crippen LogP contribution in [0.2, 0.25) is 0 Å². The molecule has 0 atom stereocenters. The van der Waals surface area contributed by atoms with Gasteiger partial charge in [-0.15, -0.1) is 0 Å². The third-order valence-electron chi connectivity index (χ3n) is 3.66. The Bertz CT molecular complexity index is 988. The van der Waals surface area contributed by atoms with Gasteiger partial charge in [0.15, 0.2) is 23.1 Å². The number of nitro benzene ring substituents is 1. The molecule has 3 N–H and O–H groups in total. The lowest BCUT2D eigenvalue weighted by atomic mass is 10.1. The third kappa shape index (κ3) is 3.24. The van der Waals surface area contributed by atoms with Gasteiger partial charge in [0.25, 0.3) is 5.89 Å². The van der Waals surface area contributed by atoms with E-state index in [9.17, 15) is 29.8 Å². The first-order valence-corrected chi connectivity index (χ1v) is 7.36. The zero-order valence-electron chi connectivity index (χ0n) is 13.1. The number of nitro groups is 1. The van der Waals surface area contributed by atoms with E-state index in [2.05, 4.69) is 10.1 Å². The topological polar surface area (TPSA) is 143 Å². The molecule has 1 heterocycles. The average Bonchev–Trinajstić information content (AvgIpc) is 3.07. The first-order valence-electron chi connectivity index (χ1n) is 7.36. The third-order valence-corrected chi connectivity index (χ3v) is 3.66. The number of phenolic OH excluding ortho intramolecular Hbond substituents is 3. The first kappa shape index (κ1) is 17.1. The Labute approximate surface area is 145 Å². The molecule has 3 rings (SSSR count). The first-order chi connectivity index (χ1) is 12.4. The summed E-state index contributed by atoms with van der Waals surface area (Å²) in [5, 5.41) is 43.0. The van der Waals surface area contributed by atoms with Crippen molar-refractivity contribution in [3.8, 4) is 28.7 Å². The molecule has 10 heteroatoms. The van der Waals surface area contributed by atoms with Crippen LogP contribution in [0, 0.1) is 15.9 Å². The van der Waals surface area contributed by atoms with E-state index >= 15 is 0 Å². The number of nitrogens with zero attached hydrogens (tertiary/aromatic N) is 3. The van der Waals surface area contributed by atoms with Crippen molar-refractivity contribution in [3.63, 3.8) is 0 Å². The largest absolute Gasteiger partial charge is 0.505 e. The summed E-state index contributed by atoms with van der Waals surface area (Å²) in [5.41, 5.74) is -0.384. The molecule has 0 saturated heterocycles. The van der Waals surface area contributed by atoms with Crippen LogP contribution in [0.3, 0.4) is 0 Å². The maximum Gasteiger partial charge on any atom is 0.315 e. The van der Waals surface area contributed by atoms with E-state index in [0.29, 0.717) is 0 Å². The van der Waals surface area contributed by atoms with Crippen molar-refractivity contribution in [3.05, 3.63) is 57.7 Å². The highest BCUT2D eigenvalue weighted by Crippen LogP contribution is 2.38. The Balaban J connectivity index is 1.82. The minimum Gasteiger partial charge on any atom is -0.505 e. The van der Waals surface area contributed by atoms with Crippen LogP contribution in [0.5, 0.6) is 17.2 Å². The molecule has 0 saturated carbocycles. The Morgan fingerprint density at radius 1 is 1.15 bits per heavy atom. The monoisotopic (exact) mass is 361 g/mol. The van der Waals surface area contributed by atoms with Gasteiger partial charge in [-0.1, -0.05) is 17.3 Å². The molecular weight excluding hydrogens is 349 g/mol. The molecule has 2 aromatic carbocycles. The number of aromatic nitrogens is 2. The lowest BCUT2D eigenvalue weighted by Gasteiger charge is -2.02. The van der Waals surface area contributed by atoms with Crippen molar-refractivity contribution in [2.24, 2.45) is 0 Å². The van der Waals surface area contributed by atoms with E-state index in [1.165, 1.54) is 18.2 Å². The van der Waals surface area contributed by atoms with Crippen LogP contribution in [-0.4, -0.2) is 30.4 Å². The molecule has 3 aromatic rings. The number of phenols is 3. The lowest BCUT2D eigenvalue weighted by molar-refractivity contribution is -0.385. The van der Waals surface area contributed by atoms with E-state index in [4.69, 9.17) is 4.52 Å². The van der Waals surface area contributed by atoms with Crippen molar-refractivity contribution in [2.45, 2.75) is 12.8 Å². The summed E-state index contributed by atoms with van der Waals surface area (Å²) >= 11 is 0. The summed E-state index contributed by atoms with van der Waals surface area (Å²) in [6, 6.07) is 6.29. The van der Waals surface area contributed by atoms with Gasteiger partial charge in [0.05, 0.1) is 10.5 Å². The van der Waals surface area contributed by atoms with Crippen molar-refractivity contribution >= 4 is 5.69 Å². The molecule has 0 aliphatic carbocycles. The number of aromatic hydroxyl groups is 3. The Kier molecular flexibility index (Phi) is 4.40. The smallest absolute Gasteiger partial charge is 0.315 e. The summed E-state index contributed by atoms with van der Waals surface area (Å²) in [7, 11) is 0. The van der Waals surface area contributed by atoms with Crippen molar-refractivity contribution in [2.75, 3.05) is 0 Å². The average molecular weight is 361 g/mol. The predicted molar refractivity (Wildman–Crippen MR) is 85.2 cm³/mol. The summed E-state index contributed by atoms with van der Waals surface area (Å²) in [6.45, 7) is 0. The minimum absolute atomic E-state index is 0.0503. The van der Waals surface area contributed by atoms with E-state index in [0.717, 1.165) is 12.1 Å². The fourth-order valence-corrected chi connectivity index (χ4v) is 2.35. The van der Waals surface area contributed by atoms with Crippen molar-refractivity contribution in [1.82, 2.24) is 10.1 Å². The highest BCUT2D eigenvalue weighted by molar-refractivity contribution is 5.67. The van der Waals surface area contributed by atoms with Crippen LogP contribution in [0.4, 0.5) is 10.1 Å². The number of benzene rings is 2. The van der Waals surface area contributed by atoms with E-state index < -0.39 is 33.7 Å². The molecule has 0 aliphatic rings. The van der Waals surface area contributed by atoms with Crippen LogP contribution >= 0.6 is 0 Å². The highest BCUT2D eigenvalue weighted by atomic mass is 19.1. The zero-order valence-corrected chi connectivity index (χ0v) is 13.1. The van der Waals surface area contributed by atoms with Crippen molar-refractivity contribution < 1.29 is 29.2 Å². The minimum atomic E-state index is -0.863. The maximum absolute atomic E-state index is 13.7. The van der Waals surface area contributed by atoms with Crippen LogP contribution < -0.4 is 0 Å². The summed E-state index contributed by atoms with van der Waals surface area (Å²) in [4.78, 5) is 14.1. The summed E-state index contributed by atoms with van der Waals surface area (Å²) in [6.07, 6.45) is 0.385. The van der Waals surface area contributed by atoms with Gasteiger partial charge in [0, 0.05) is 12.5 Å². The highest BCUT2D eigenvalue weighted by Gasteiger charge is 2.22. The molecule has 9 nitrogen and oxygen atoms in total. The maximum atomic E-state index is 13.7. The number of hydrogen-bond acceptors (Lipinski definition) is 8. The predicted octanol–water partition coefficient (Wildman–Crippen LogP) is 2.69. The van der Waals surface area contributed by atoms with Crippen LogP contribution in [0.1, 0.15) is 11.4 Å². The van der Waals surface area contributed by atoms with Gasteiger partial charge in [-0.25, -0.2) is 4.39 Å². The Morgan fingerprint density at radius 2 is 1.92 bits per heavy atom. The zero-order chi connectivity index (χ0) is 18.8. The molecule has 134 valence electrons. The Morgan fingerprint density at radius 3 is 2.65 bits per heavy atom. The van der Waals surface area contributed by atoms with Crippen LogP contribution in [-0.2, 0) is 12.8 Å². The van der Waals surface area contributed by atoms with Gasteiger partial charge in [0.1, 0.15) is 0 Å². The second kappa shape index (κ2) is 6.67. The van der Waals surface area contributed by atoms with Gasteiger partial charge < -0.3 is 19.8 Å². The van der Waals surface area contributed by atoms with E-state index in [1.54, 1.807) is 0 Å². The normalized spacial score (nSPS) is 10.8. The SMILES string of the molecule is O=[N+]([O-])c1cc(-c2nc(CCc3cccc(O)c3F)no2)cc(O)c1O. The summed E-state index contributed by atoms with van der Waals surface area (Å²) < 4.78 is 18.8. The second-order valence-electron chi connectivity index (χ2n) is 5.39. The molecule has 0 bridgehead atoms. The van der Waals surface area contributed by atoms with E-state index in [1.807, 2.05) is 0 Å². The molecule has 0 fully saturated rings. The molecule has 0 unspecified atom stereocenters. The standard InChI is InChI=1S/C16H12FN3O6/c17-14-8(2-1-3-11(14)21)4-5-13-18-16(26-19-13)9-6-10(20(24)25)15(23)12(22)7-9/h1-3,6-7,21-23H,4-5H2. The number of rotatable bonds is 5. The number of aryl methyl sites for hydroxylation is 2. The molecule has 1 aromatic heterocycles. The van der Waals surface area contributed by atoms with Crippen LogP contribution in [0.25, 0.3) is 11.5 Å². The van der Waals surface area contributed by atoms with E-state index in [-0.39, 0.29) is 35.7 Å². The van der Waals surface area contributed by atoms with Gasteiger partial charge in [-0.05, 0) is 24.1 Å². The molecule has 0 aliphatic heterocycles. The van der Waals surface area contributed by atoms with Crippen LogP contribution in [0.15, 0.2) is 34.9 Å².